The van der Waals surface area contributed by atoms with Crippen molar-refractivity contribution in [1.82, 2.24) is 5.32 Å². The van der Waals surface area contributed by atoms with Crippen LogP contribution in [0, 0.1) is 14.7 Å². The summed E-state index contributed by atoms with van der Waals surface area (Å²) < 4.78 is 13.0. The Kier molecular flexibility index (Phi) is 7.14. The van der Waals surface area contributed by atoms with Crippen LogP contribution in [-0.4, -0.2) is 13.2 Å². The number of hydrogen-bond acceptors (Lipinski definition) is 8. The number of rotatable bonds is 10. The fraction of sp³-hybridized carbons (Fsp3) is 0.333. The molecule has 144 valence electrons. The van der Waals surface area contributed by atoms with Crippen molar-refractivity contribution in [3.05, 3.63) is 74.4 Å². The van der Waals surface area contributed by atoms with Gasteiger partial charge in [0.2, 0.25) is 10.6 Å². The molecule has 2 rings (SSSR count). The molecule has 0 spiro atoms. The molecular formula is C18H22N4O4S. The van der Waals surface area contributed by atoms with E-state index in [2.05, 4.69) is 38.1 Å². The molecule has 2 atom stereocenters. The number of ether oxygens (including phenoxy) is 1. The molecule has 0 aliphatic heterocycles. The molecule has 27 heavy (non-hydrogen) atoms. The predicted octanol–water partition coefficient (Wildman–Crippen LogP) is 5.18. The third-order valence-electron chi connectivity index (χ3n) is 4.21. The van der Waals surface area contributed by atoms with E-state index in [1.165, 1.54) is 12.7 Å². The summed E-state index contributed by atoms with van der Waals surface area (Å²) in [6, 6.07) is 15.2. The zero-order valence-corrected chi connectivity index (χ0v) is 16.2. The molecule has 0 aliphatic carbocycles. The fourth-order valence-corrected chi connectivity index (χ4v) is 3.95. The average Bonchev–Trinajstić information content (AvgIpc) is 2.70. The lowest BCUT2D eigenvalue weighted by Gasteiger charge is -2.22. The smallest absolute Gasteiger partial charge is 0.201 e. The zero-order chi connectivity index (χ0) is 19.9. The highest BCUT2D eigenvalue weighted by Gasteiger charge is 2.35. The Balaban J connectivity index is 2.21. The molecule has 0 saturated heterocycles. The fourth-order valence-electron chi connectivity index (χ4n) is 2.90. The van der Waals surface area contributed by atoms with E-state index in [9.17, 15) is 14.7 Å². The topological polar surface area (TPSA) is 110 Å². The lowest BCUT2D eigenvalue weighted by molar-refractivity contribution is 0.403. The third kappa shape index (κ3) is 4.75. The maximum absolute atomic E-state index is 11.1. The molecule has 0 amide bonds. The van der Waals surface area contributed by atoms with Crippen LogP contribution in [0.15, 0.2) is 67.2 Å². The SMILES string of the molecule is COc1ccc(C[C@@H](C)N[C@H](C)c2ccccc2)cc1S(N=O)(N=O)N=O. The van der Waals surface area contributed by atoms with E-state index in [0.717, 1.165) is 5.56 Å². The van der Waals surface area contributed by atoms with E-state index in [-0.39, 0.29) is 22.7 Å². The summed E-state index contributed by atoms with van der Waals surface area (Å²) in [5, 5.41) is 3.49. The van der Waals surface area contributed by atoms with Crippen molar-refractivity contribution in [2.24, 2.45) is 13.7 Å². The number of nitrogens with one attached hydrogen (secondary N) is 1. The Morgan fingerprint density at radius 3 is 2.19 bits per heavy atom. The highest BCUT2D eigenvalue weighted by Crippen LogP contribution is 2.62. The minimum absolute atomic E-state index is 0.0193. The zero-order valence-electron chi connectivity index (χ0n) is 15.4. The summed E-state index contributed by atoms with van der Waals surface area (Å²) in [6.07, 6.45) is 0.597. The lowest BCUT2D eigenvalue weighted by atomic mass is 10.0. The van der Waals surface area contributed by atoms with Gasteiger partial charge >= 0.3 is 0 Å². The van der Waals surface area contributed by atoms with Gasteiger partial charge in [0.25, 0.3) is 0 Å². The largest absolute Gasteiger partial charge is 0.495 e. The number of hydrogen-bond donors (Lipinski definition) is 1. The molecule has 0 aromatic heterocycles. The van der Waals surface area contributed by atoms with Crippen molar-refractivity contribution < 1.29 is 4.74 Å². The van der Waals surface area contributed by atoms with Gasteiger partial charge in [-0.3, -0.25) is 0 Å². The van der Waals surface area contributed by atoms with E-state index < -0.39 is 10.6 Å². The van der Waals surface area contributed by atoms with Crippen molar-refractivity contribution in [2.45, 2.75) is 37.2 Å². The number of methoxy groups -OCH3 is 1. The molecule has 2 aromatic rings. The van der Waals surface area contributed by atoms with Crippen LogP contribution in [0.25, 0.3) is 0 Å². The Bertz CT molecular complexity index is 781. The van der Waals surface area contributed by atoms with Gasteiger partial charge in [0.15, 0.2) is 0 Å². The van der Waals surface area contributed by atoms with Crippen LogP contribution < -0.4 is 10.1 Å². The van der Waals surface area contributed by atoms with Crippen LogP contribution in [0.1, 0.15) is 31.0 Å². The van der Waals surface area contributed by atoms with Crippen LogP contribution in [-0.2, 0) is 6.42 Å². The van der Waals surface area contributed by atoms with Gasteiger partial charge in [0.05, 0.1) is 7.11 Å². The standard InChI is InChI=1S/C18H22N4O4S/c1-13(19-14(2)16-7-5-4-6-8-16)11-15-9-10-17(26-3)18(12-15)27(20-23,21-24)22-25/h4-10,12-14,19H,11H2,1-3H3/t13-,14-/m1/s1. The quantitative estimate of drug-likeness (QED) is 0.562. The predicted molar refractivity (Wildman–Crippen MR) is 107 cm³/mol. The van der Waals surface area contributed by atoms with Crippen LogP contribution >= 0.6 is 10.6 Å². The first kappa shape index (κ1) is 20.7. The minimum atomic E-state index is -3.59. The Morgan fingerprint density at radius 2 is 1.63 bits per heavy atom. The maximum atomic E-state index is 11.1. The number of nitrogens with zero attached hydrogens (tertiary/aromatic N) is 3. The van der Waals surface area contributed by atoms with Crippen molar-refractivity contribution in [2.75, 3.05) is 7.11 Å². The van der Waals surface area contributed by atoms with Gasteiger partial charge in [0, 0.05) is 25.8 Å². The Labute approximate surface area is 159 Å². The first-order valence-corrected chi connectivity index (χ1v) is 9.85. The van der Waals surface area contributed by atoms with Crippen LogP contribution in [0.2, 0.25) is 0 Å². The molecule has 2 aromatic carbocycles. The first-order valence-electron chi connectivity index (χ1n) is 8.34. The Hall–Kier alpha value is -2.65. The molecule has 0 heterocycles. The molecule has 0 bridgehead atoms. The molecule has 0 unspecified atom stereocenters. The number of benzene rings is 2. The van der Waals surface area contributed by atoms with E-state index in [1.54, 1.807) is 18.2 Å². The molecule has 0 aliphatic rings. The summed E-state index contributed by atoms with van der Waals surface area (Å²) in [5.74, 6) is 0.186. The van der Waals surface area contributed by atoms with Crippen LogP contribution in [0.3, 0.4) is 0 Å². The van der Waals surface area contributed by atoms with Gasteiger partial charge in [-0.25, -0.2) is 0 Å². The molecular weight excluding hydrogens is 368 g/mol. The second-order valence-corrected chi connectivity index (χ2v) is 8.06. The highest BCUT2D eigenvalue weighted by atomic mass is 32.3. The van der Waals surface area contributed by atoms with Gasteiger partial charge < -0.3 is 10.1 Å². The summed E-state index contributed by atoms with van der Waals surface area (Å²) in [4.78, 5) is 33.4. The second kappa shape index (κ2) is 9.33. The van der Waals surface area contributed by atoms with E-state index in [0.29, 0.717) is 6.42 Å². The Morgan fingerprint density at radius 1 is 1.00 bits per heavy atom. The summed E-state index contributed by atoms with van der Waals surface area (Å²) in [6.45, 7) is 4.10. The normalized spacial score (nSPS) is 14.0. The van der Waals surface area contributed by atoms with Gasteiger partial charge in [-0.2, -0.15) is 0 Å². The molecule has 1 N–H and O–H groups in total. The number of nitroso groups, excluding NO2 is 3. The van der Waals surface area contributed by atoms with Crippen molar-refractivity contribution in [1.29, 1.82) is 0 Å². The summed E-state index contributed by atoms with van der Waals surface area (Å²) in [5.41, 5.74) is 1.97. The summed E-state index contributed by atoms with van der Waals surface area (Å²) >= 11 is 0. The highest BCUT2D eigenvalue weighted by molar-refractivity contribution is 8.30. The van der Waals surface area contributed by atoms with E-state index in [4.69, 9.17) is 4.74 Å². The van der Waals surface area contributed by atoms with Crippen LogP contribution in [0.5, 0.6) is 5.75 Å². The lowest BCUT2D eigenvalue weighted by Crippen LogP contribution is -2.30. The van der Waals surface area contributed by atoms with E-state index in [1.807, 2.05) is 25.1 Å². The van der Waals surface area contributed by atoms with Crippen molar-refractivity contribution in [3.63, 3.8) is 0 Å². The third-order valence-corrected chi connectivity index (χ3v) is 5.74. The van der Waals surface area contributed by atoms with E-state index >= 15 is 0 Å². The van der Waals surface area contributed by atoms with Gasteiger partial charge in [-0.05, 0) is 43.5 Å². The maximum Gasteiger partial charge on any atom is 0.201 e. The second-order valence-electron chi connectivity index (χ2n) is 6.13. The molecule has 9 heteroatoms. The van der Waals surface area contributed by atoms with Gasteiger partial charge in [-0.15, -0.1) is 14.7 Å². The van der Waals surface area contributed by atoms with Crippen molar-refractivity contribution >= 4 is 10.6 Å². The molecule has 0 radical (unpaired) electrons. The summed E-state index contributed by atoms with van der Waals surface area (Å²) in [7, 11) is -2.22. The van der Waals surface area contributed by atoms with Gasteiger partial charge in [-0.1, -0.05) is 36.4 Å². The first-order chi connectivity index (χ1) is 13.0. The van der Waals surface area contributed by atoms with Crippen molar-refractivity contribution in [3.8, 4) is 5.75 Å². The van der Waals surface area contributed by atoms with Gasteiger partial charge in [0.1, 0.15) is 10.6 Å². The average molecular weight is 390 g/mol. The van der Waals surface area contributed by atoms with Crippen LogP contribution in [0.4, 0.5) is 0 Å². The minimum Gasteiger partial charge on any atom is -0.495 e. The molecule has 0 fully saturated rings. The molecule has 8 nitrogen and oxygen atoms in total. The monoisotopic (exact) mass is 390 g/mol. The molecule has 0 saturated carbocycles.